The van der Waals surface area contributed by atoms with Gasteiger partial charge in [0, 0.05) is 25.0 Å². The number of hydrogen-bond acceptors (Lipinski definition) is 5. The van der Waals surface area contributed by atoms with Gasteiger partial charge in [-0.25, -0.2) is 0 Å². The van der Waals surface area contributed by atoms with Crippen LogP contribution in [0.4, 0.5) is 11.4 Å². The van der Waals surface area contributed by atoms with Gasteiger partial charge >= 0.3 is 5.69 Å². The number of ether oxygens (including phenoxy) is 1. The molecule has 6 nitrogen and oxygen atoms in total. The minimum absolute atomic E-state index is 0.0815. The summed E-state index contributed by atoms with van der Waals surface area (Å²) in [5.74, 6) is 0.331. The van der Waals surface area contributed by atoms with Gasteiger partial charge in [-0.05, 0) is 31.5 Å². The third-order valence-corrected chi connectivity index (χ3v) is 4.49. The first-order valence-corrected chi connectivity index (χ1v) is 6.92. The summed E-state index contributed by atoms with van der Waals surface area (Å²) >= 11 is 0. The van der Waals surface area contributed by atoms with E-state index in [4.69, 9.17) is 4.74 Å². The van der Waals surface area contributed by atoms with E-state index in [-0.39, 0.29) is 16.0 Å². The van der Waals surface area contributed by atoms with Gasteiger partial charge in [-0.15, -0.1) is 0 Å². The van der Waals surface area contributed by atoms with Crippen LogP contribution in [0.5, 0.6) is 5.75 Å². The highest BCUT2D eigenvalue weighted by atomic mass is 16.6. The molecule has 0 aromatic heterocycles. The van der Waals surface area contributed by atoms with E-state index in [0.717, 1.165) is 39.0 Å². The molecule has 1 atom stereocenters. The maximum atomic E-state index is 11.4. The third kappa shape index (κ3) is 2.10. The molecule has 0 aliphatic carbocycles. The molecule has 20 heavy (non-hydrogen) atoms. The van der Waals surface area contributed by atoms with Crippen molar-refractivity contribution in [2.75, 3.05) is 38.2 Å². The van der Waals surface area contributed by atoms with E-state index >= 15 is 0 Å². The van der Waals surface area contributed by atoms with Crippen LogP contribution >= 0.6 is 0 Å². The van der Waals surface area contributed by atoms with Gasteiger partial charge in [0.05, 0.1) is 12.0 Å². The fourth-order valence-corrected chi connectivity index (χ4v) is 3.40. The average molecular weight is 277 g/mol. The fraction of sp³-hybridized carbons (Fsp3) is 0.571. The SMILES string of the molecule is COc1cccc(N2CCC3(CCNC3)C2)c1[N+](=O)[O-]. The summed E-state index contributed by atoms with van der Waals surface area (Å²) in [6.07, 6.45) is 2.25. The fourth-order valence-electron chi connectivity index (χ4n) is 3.40. The zero-order valence-corrected chi connectivity index (χ0v) is 11.6. The summed E-state index contributed by atoms with van der Waals surface area (Å²) in [7, 11) is 1.47. The van der Waals surface area contributed by atoms with E-state index in [1.165, 1.54) is 7.11 Å². The van der Waals surface area contributed by atoms with Crippen LogP contribution in [0.2, 0.25) is 0 Å². The van der Waals surface area contributed by atoms with E-state index < -0.39 is 0 Å². The van der Waals surface area contributed by atoms with Crippen LogP contribution < -0.4 is 15.0 Å². The van der Waals surface area contributed by atoms with E-state index in [9.17, 15) is 10.1 Å². The standard InChI is InChI=1S/C14H19N3O3/c1-20-12-4-2-3-11(13(12)17(18)19)16-8-6-14(10-16)5-7-15-9-14/h2-4,15H,5-10H2,1H3. The number of para-hydroxylation sites is 1. The number of benzene rings is 1. The number of rotatable bonds is 3. The van der Waals surface area contributed by atoms with Gasteiger partial charge in [-0.2, -0.15) is 0 Å². The zero-order chi connectivity index (χ0) is 14.2. The molecule has 0 bridgehead atoms. The summed E-state index contributed by atoms with van der Waals surface area (Å²) < 4.78 is 5.14. The molecule has 1 unspecified atom stereocenters. The lowest BCUT2D eigenvalue weighted by Crippen LogP contribution is -2.29. The lowest BCUT2D eigenvalue weighted by atomic mass is 9.86. The quantitative estimate of drug-likeness (QED) is 0.674. The van der Waals surface area contributed by atoms with Crippen LogP contribution in [-0.2, 0) is 0 Å². The number of nitrogens with one attached hydrogen (secondary N) is 1. The summed E-state index contributed by atoms with van der Waals surface area (Å²) in [6, 6.07) is 5.28. The van der Waals surface area contributed by atoms with Crippen LogP contribution in [0.3, 0.4) is 0 Å². The Morgan fingerprint density at radius 1 is 1.45 bits per heavy atom. The monoisotopic (exact) mass is 277 g/mol. The highest BCUT2D eigenvalue weighted by molar-refractivity contribution is 5.70. The lowest BCUT2D eigenvalue weighted by Gasteiger charge is -2.24. The Balaban J connectivity index is 1.93. The van der Waals surface area contributed by atoms with Crippen molar-refractivity contribution in [3.05, 3.63) is 28.3 Å². The maximum Gasteiger partial charge on any atom is 0.333 e. The Hall–Kier alpha value is -1.82. The summed E-state index contributed by atoms with van der Waals surface area (Å²) in [4.78, 5) is 13.1. The van der Waals surface area contributed by atoms with Crippen molar-refractivity contribution in [1.82, 2.24) is 5.32 Å². The van der Waals surface area contributed by atoms with Gasteiger partial charge in [0.2, 0.25) is 0 Å². The van der Waals surface area contributed by atoms with Crippen LogP contribution in [0, 0.1) is 15.5 Å². The molecular formula is C14H19N3O3. The summed E-state index contributed by atoms with van der Waals surface area (Å²) in [5, 5.41) is 14.8. The van der Waals surface area contributed by atoms with E-state index in [1.54, 1.807) is 6.07 Å². The Morgan fingerprint density at radius 3 is 2.95 bits per heavy atom. The number of nitro groups is 1. The molecule has 2 aliphatic heterocycles. The largest absolute Gasteiger partial charge is 0.490 e. The molecule has 1 spiro atoms. The molecule has 3 rings (SSSR count). The maximum absolute atomic E-state index is 11.4. The predicted molar refractivity (Wildman–Crippen MR) is 76.4 cm³/mol. The van der Waals surface area contributed by atoms with Crippen molar-refractivity contribution in [3.8, 4) is 5.75 Å². The number of nitrogens with zero attached hydrogens (tertiary/aromatic N) is 2. The third-order valence-electron chi connectivity index (χ3n) is 4.49. The molecule has 2 saturated heterocycles. The smallest absolute Gasteiger partial charge is 0.333 e. The van der Waals surface area contributed by atoms with E-state index in [1.807, 2.05) is 12.1 Å². The van der Waals surface area contributed by atoms with Gasteiger partial charge in [0.15, 0.2) is 5.75 Å². The van der Waals surface area contributed by atoms with Gasteiger partial charge < -0.3 is 15.0 Å². The Morgan fingerprint density at radius 2 is 2.30 bits per heavy atom. The highest BCUT2D eigenvalue weighted by Gasteiger charge is 2.42. The van der Waals surface area contributed by atoms with Crippen molar-refractivity contribution in [2.45, 2.75) is 12.8 Å². The first-order valence-electron chi connectivity index (χ1n) is 6.92. The minimum Gasteiger partial charge on any atom is -0.490 e. The molecule has 0 radical (unpaired) electrons. The van der Waals surface area contributed by atoms with Gasteiger partial charge in [-0.3, -0.25) is 10.1 Å². The topological polar surface area (TPSA) is 67.6 Å². The second-order valence-corrected chi connectivity index (χ2v) is 5.68. The number of anilines is 1. The van der Waals surface area contributed by atoms with Crippen LogP contribution in [-0.4, -0.2) is 38.2 Å². The second-order valence-electron chi connectivity index (χ2n) is 5.68. The van der Waals surface area contributed by atoms with Crippen LogP contribution in [0.25, 0.3) is 0 Å². The second kappa shape index (κ2) is 4.94. The average Bonchev–Trinajstić information content (AvgIpc) is 3.08. The van der Waals surface area contributed by atoms with Gasteiger partial charge in [0.25, 0.3) is 0 Å². The minimum atomic E-state index is -0.341. The van der Waals surface area contributed by atoms with Crippen molar-refractivity contribution < 1.29 is 9.66 Å². The molecule has 2 heterocycles. The molecule has 0 amide bonds. The van der Waals surface area contributed by atoms with E-state index in [0.29, 0.717) is 11.4 Å². The molecule has 1 aromatic carbocycles. The number of hydrogen-bond donors (Lipinski definition) is 1. The van der Waals surface area contributed by atoms with E-state index in [2.05, 4.69) is 10.2 Å². The molecule has 1 N–H and O–H groups in total. The molecule has 6 heteroatoms. The number of nitro benzene ring substituents is 1. The molecule has 2 aliphatic rings. The van der Waals surface area contributed by atoms with Crippen molar-refractivity contribution in [3.63, 3.8) is 0 Å². The summed E-state index contributed by atoms with van der Waals surface area (Å²) in [6.45, 7) is 3.82. The van der Waals surface area contributed by atoms with Crippen molar-refractivity contribution >= 4 is 11.4 Å². The van der Waals surface area contributed by atoms with Crippen LogP contribution in [0.1, 0.15) is 12.8 Å². The Labute approximate surface area is 117 Å². The molecule has 2 fully saturated rings. The van der Waals surface area contributed by atoms with Crippen molar-refractivity contribution in [1.29, 1.82) is 0 Å². The lowest BCUT2D eigenvalue weighted by molar-refractivity contribution is -0.385. The molecule has 1 aromatic rings. The van der Waals surface area contributed by atoms with Crippen molar-refractivity contribution in [2.24, 2.45) is 5.41 Å². The normalized spacial score (nSPS) is 25.4. The molecule has 108 valence electrons. The molecular weight excluding hydrogens is 258 g/mol. The zero-order valence-electron chi connectivity index (χ0n) is 11.6. The Kier molecular flexibility index (Phi) is 3.25. The summed E-state index contributed by atoms with van der Waals surface area (Å²) in [5.41, 5.74) is 1.05. The van der Waals surface area contributed by atoms with Gasteiger partial charge in [-0.1, -0.05) is 6.07 Å². The first-order chi connectivity index (χ1) is 9.65. The first kappa shape index (κ1) is 13.2. The van der Waals surface area contributed by atoms with Crippen LogP contribution in [0.15, 0.2) is 18.2 Å². The predicted octanol–water partition coefficient (Wildman–Crippen LogP) is 1.79. The Bertz CT molecular complexity index is 526. The van der Waals surface area contributed by atoms with Gasteiger partial charge in [0.1, 0.15) is 5.69 Å². The number of methoxy groups -OCH3 is 1. The highest BCUT2D eigenvalue weighted by Crippen LogP contribution is 2.43. The molecule has 0 saturated carbocycles.